The van der Waals surface area contributed by atoms with Crippen molar-refractivity contribution < 1.29 is 24.1 Å². The molecule has 0 radical (unpaired) electrons. The molecule has 0 saturated carbocycles. The zero-order valence-electron chi connectivity index (χ0n) is 17.7. The van der Waals surface area contributed by atoms with Gasteiger partial charge in [-0.3, -0.25) is 4.90 Å². The summed E-state index contributed by atoms with van der Waals surface area (Å²) in [5.41, 5.74) is 2.11. The Morgan fingerprint density at radius 1 is 0.966 bits per heavy atom. The molecule has 2 aromatic rings. The van der Waals surface area contributed by atoms with Crippen molar-refractivity contribution in [2.45, 2.75) is 25.7 Å². The molecule has 29 heavy (non-hydrogen) atoms. The van der Waals surface area contributed by atoms with Crippen LogP contribution in [0.2, 0.25) is 0 Å². The third-order valence-corrected chi connectivity index (χ3v) is 4.59. The van der Waals surface area contributed by atoms with E-state index in [1.165, 1.54) is 0 Å². The Bertz CT molecular complexity index is 695. The third kappa shape index (κ3) is 8.03. The van der Waals surface area contributed by atoms with Gasteiger partial charge in [0.25, 0.3) is 0 Å². The molecule has 6 nitrogen and oxygen atoms in total. The monoisotopic (exact) mass is 403 g/mol. The van der Waals surface area contributed by atoms with E-state index in [9.17, 15) is 5.11 Å². The Morgan fingerprint density at radius 2 is 1.76 bits per heavy atom. The quantitative estimate of drug-likeness (QED) is 0.489. The van der Waals surface area contributed by atoms with Crippen molar-refractivity contribution >= 4 is 0 Å². The smallest absolute Gasteiger partial charge is 0.165 e. The Labute approximate surface area is 174 Å². The van der Waals surface area contributed by atoms with Gasteiger partial charge in [0, 0.05) is 38.9 Å². The van der Waals surface area contributed by atoms with Crippen molar-refractivity contribution in [2.24, 2.45) is 0 Å². The van der Waals surface area contributed by atoms with Crippen molar-refractivity contribution in [1.82, 2.24) is 4.90 Å². The highest BCUT2D eigenvalue weighted by Gasteiger charge is 2.16. The Morgan fingerprint density at radius 3 is 2.45 bits per heavy atom. The first-order valence-electron chi connectivity index (χ1n) is 9.88. The second-order valence-corrected chi connectivity index (χ2v) is 6.89. The molecule has 0 spiro atoms. The van der Waals surface area contributed by atoms with Gasteiger partial charge in [0.2, 0.25) is 0 Å². The number of methoxy groups -OCH3 is 3. The highest BCUT2D eigenvalue weighted by molar-refractivity contribution is 5.46. The number of hydrogen-bond acceptors (Lipinski definition) is 6. The number of nitrogens with zero attached hydrogens (tertiary/aromatic N) is 1. The highest BCUT2D eigenvalue weighted by atomic mass is 16.5. The summed E-state index contributed by atoms with van der Waals surface area (Å²) in [7, 11) is 4.97. The minimum Gasteiger partial charge on any atom is -0.493 e. The molecule has 0 amide bonds. The summed E-state index contributed by atoms with van der Waals surface area (Å²) in [4.78, 5) is 2.19. The highest BCUT2D eigenvalue weighted by Crippen LogP contribution is 2.31. The molecule has 1 atom stereocenters. The SMILES string of the molecule is COCCCN(Cc1cccc(OC)c1OC)C[C@@H](O)COCc1ccccc1. The third-order valence-electron chi connectivity index (χ3n) is 4.59. The lowest BCUT2D eigenvalue weighted by molar-refractivity contribution is 0.00727. The molecule has 2 aromatic carbocycles. The molecule has 0 aromatic heterocycles. The molecule has 0 aliphatic heterocycles. The fourth-order valence-corrected chi connectivity index (χ4v) is 3.22. The van der Waals surface area contributed by atoms with Crippen molar-refractivity contribution in [1.29, 1.82) is 0 Å². The lowest BCUT2D eigenvalue weighted by Crippen LogP contribution is -2.35. The van der Waals surface area contributed by atoms with Crippen LogP contribution in [0, 0.1) is 0 Å². The van der Waals surface area contributed by atoms with Crippen LogP contribution in [0.15, 0.2) is 48.5 Å². The fourth-order valence-electron chi connectivity index (χ4n) is 3.22. The van der Waals surface area contributed by atoms with E-state index in [4.69, 9.17) is 18.9 Å². The van der Waals surface area contributed by atoms with Crippen LogP contribution < -0.4 is 9.47 Å². The molecule has 6 heteroatoms. The molecule has 1 N–H and O–H groups in total. The Hall–Kier alpha value is -2.12. The van der Waals surface area contributed by atoms with E-state index in [1.807, 2.05) is 48.5 Å². The first-order chi connectivity index (χ1) is 14.2. The maximum atomic E-state index is 10.5. The molecule has 0 bridgehead atoms. The van der Waals surface area contributed by atoms with E-state index < -0.39 is 6.10 Å². The second-order valence-electron chi connectivity index (χ2n) is 6.89. The lowest BCUT2D eigenvalue weighted by atomic mass is 10.1. The standard InChI is InChI=1S/C23H33NO5/c1-26-14-8-13-24(15-20-11-7-12-22(27-2)23(20)28-3)16-21(25)18-29-17-19-9-5-4-6-10-19/h4-7,9-12,21,25H,8,13-18H2,1-3H3/t21-/m1/s1. The number of aliphatic hydroxyl groups is 1. The first kappa shape index (κ1) is 23.2. The van der Waals surface area contributed by atoms with E-state index in [1.54, 1.807) is 21.3 Å². The molecule has 160 valence electrons. The summed E-state index contributed by atoms with van der Waals surface area (Å²) in [5.74, 6) is 1.43. The molecule has 2 rings (SSSR count). The minimum absolute atomic E-state index is 0.283. The summed E-state index contributed by atoms with van der Waals surface area (Å²) in [6.07, 6.45) is 0.290. The summed E-state index contributed by atoms with van der Waals surface area (Å²) in [6, 6.07) is 15.8. The van der Waals surface area contributed by atoms with E-state index in [0.717, 1.165) is 29.8 Å². The van der Waals surface area contributed by atoms with Gasteiger partial charge < -0.3 is 24.1 Å². The molecule has 0 fully saturated rings. The van der Waals surface area contributed by atoms with E-state index in [0.29, 0.717) is 32.1 Å². The Balaban J connectivity index is 1.94. The van der Waals surface area contributed by atoms with Crippen LogP contribution in [0.1, 0.15) is 17.5 Å². The number of para-hydroxylation sites is 1. The number of ether oxygens (including phenoxy) is 4. The van der Waals surface area contributed by atoms with E-state index in [2.05, 4.69) is 4.90 Å². The molecule has 0 aliphatic carbocycles. The summed E-state index contributed by atoms with van der Waals surface area (Å²) in [5, 5.41) is 10.5. The molecule has 0 heterocycles. The van der Waals surface area contributed by atoms with Crippen molar-refractivity contribution in [3.8, 4) is 11.5 Å². The fraction of sp³-hybridized carbons (Fsp3) is 0.478. The van der Waals surface area contributed by atoms with Crippen LogP contribution in [0.5, 0.6) is 11.5 Å². The molecular formula is C23H33NO5. The zero-order chi connectivity index (χ0) is 20.9. The van der Waals surface area contributed by atoms with Gasteiger partial charge in [-0.25, -0.2) is 0 Å². The first-order valence-corrected chi connectivity index (χ1v) is 9.88. The largest absolute Gasteiger partial charge is 0.493 e. The van der Waals surface area contributed by atoms with E-state index >= 15 is 0 Å². The summed E-state index contributed by atoms with van der Waals surface area (Å²) >= 11 is 0. The van der Waals surface area contributed by atoms with Crippen LogP contribution >= 0.6 is 0 Å². The van der Waals surface area contributed by atoms with Crippen LogP contribution in [-0.4, -0.2) is 63.7 Å². The van der Waals surface area contributed by atoms with Crippen LogP contribution in [0.3, 0.4) is 0 Å². The molecule has 0 aliphatic rings. The molecule has 0 unspecified atom stereocenters. The summed E-state index contributed by atoms with van der Waals surface area (Å²) in [6.45, 7) is 3.38. The molecular weight excluding hydrogens is 370 g/mol. The molecule has 0 saturated heterocycles. The number of hydrogen-bond donors (Lipinski definition) is 1. The van der Waals surface area contributed by atoms with Crippen LogP contribution in [0.4, 0.5) is 0 Å². The van der Waals surface area contributed by atoms with E-state index in [-0.39, 0.29) is 6.61 Å². The lowest BCUT2D eigenvalue weighted by Gasteiger charge is -2.26. The van der Waals surface area contributed by atoms with Crippen LogP contribution in [0.25, 0.3) is 0 Å². The number of rotatable bonds is 14. The zero-order valence-corrected chi connectivity index (χ0v) is 17.7. The van der Waals surface area contributed by atoms with Gasteiger partial charge in [-0.15, -0.1) is 0 Å². The van der Waals surface area contributed by atoms with Crippen molar-refractivity contribution in [2.75, 3.05) is 47.6 Å². The number of aliphatic hydroxyl groups excluding tert-OH is 1. The summed E-state index contributed by atoms with van der Waals surface area (Å²) < 4.78 is 21.8. The van der Waals surface area contributed by atoms with Gasteiger partial charge in [0.15, 0.2) is 11.5 Å². The van der Waals surface area contributed by atoms with Gasteiger partial charge >= 0.3 is 0 Å². The minimum atomic E-state index is -0.585. The predicted octanol–water partition coefficient (Wildman–Crippen LogP) is 3.12. The van der Waals surface area contributed by atoms with Crippen LogP contribution in [-0.2, 0) is 22.6 Å². The topological polar surface area (TPSA) is 60.4 Å². The Kier molecular flexibility index (Phi) is 10.5. The number of benzene rings is 2. The van der Waals surface area contributed by atoms with Crippen molar-refractivity contribution in [3.05, 3.63) is 59.7 Å². The van der Waals surface area contributed by atoms with Gasteiger partial charge in [0.1, 0.15) is 0 Å². The van der Waals surface area contributed by atoms with Gasteiger partial charge in [-0.2, -0.15) is 0 Å². The maximum Gasteiger partial charge on any atom is 0.165 e. The maximum absolute atomic E-state index is 10.5. The average molecular weight is 404 g/mol. The predicted molar refractivity (Wildman–Crippen MR) is 113 cm³/mol. The van der Waals surface area contributed by atoms with Crippen molar-refractivity contribution in [3.63, 3.8) is 0 Å². The van der Waals surface area contributed by atoms with Gasteiger partial charge in [0.05, 0.1) is 33.5 Å². The normalized spacial score (nSPS) is 12.2. The second kappa shape index (κ2) is 13.2. The van der Waals surface area contributed by atoms with Gasteiger partial charge in [-0.05, 0) is 18.1 Å². The van der Waals surface area contributed by atoms with Gasteiger partial charge in [-0.1, -0.05) is 42.5 Å². The average Bonchev–Trinajstić information content (AvgIpc) is 2.74.